The fraction of sp³-hybridized carbons (Fsp3) is 0.368. The Morgan fingerprint density at radius 2 is 1.74 bits per heavy atom. The number of aryl methyl sites for hydroxylation is 1. The zero-order valence-corrected chi connectivity index (χ0v) is 13.2. The van der Waals surface area contributed by atoms with Crippen LogP contribution in [0, 0.1) is 0 Å². The number of amides is 1. The van der Waals surface area contributed by atoms with Crippen molar-refractivity contribution in [2.24, 2.45) is 0 Å². The van der Waals surface area contributed by atoms with Crippen molar-refractivity contribution in [3.63, 3.8) is 0 Å². The van der Waals surface area contributed by atoms with Crippen LogP contribution in [-0.2, 0) is 16.9 Å². The monoisotopic (exact) mass is 310 g/mol. The lowest BCUT2D eigenvalue weighted by molar-refractivity contribution is -0.123. The van der Waals surface area contributed by atoms with Gasteiger partial charge in [-0.3, -0.25) is 9.59 Å². The summed E-state index contributed by atoms with van der Waals surface area (Å²) in [5.74, 6) is 0.00602. The van der Waals surface area contributed by atoms with Crippen LogP contribution in [0.25, 0.3) is 0 Å². The van der Waals surface area contributed by atoms with Gasteiger partial charge in [-0.25, -0.2) is 0 Å². The molecule has 1 saturated carbocycles. The molecule has 1 heterocycles. The Bertz CT molecular complexity index is 715. The molecule has 4 heteroatoms. The summed E-state index contributed by atoms with van der Waals surface area (Å²) < 4.78 is 1.57. The van der Waals surface area contributed by atoms with Crippen LogP contribution < -0.4 is 10.9 Å². The third kappa shape index (κ3) is 3.52. The second-order valence-corrected chi connectivity index (χ2v) is 6.19. The standard InChI is InChI=1S/C19H22N2O2/c22-17(11-15-21-14-7-4-10-18(21)23)20-19(12-5-6-13-19)16-8-2-1-3-9-16/h1-4,7-10,14H,5-6,11-13,15H2,(H,20,22). The molecule has 1 aliphatic rings. The average Bonchev–Trinajstić information content (AvgIpc) is 3.05. The van der Waals surface area contributed by atoms with Gasteiger partial charge in [0.15, 0.2) is 0 Å². The van der Waals surface area contributed by atoms with Crippen molar-refractivity contribution >= 4 is 5.91 Å². The van der Waals surface area contributed by atoms with Gasteiger partial charge in [-0.2, -0.15) is 0 Å². The van der Waals surface area contributed by atoms with Gasteiger partial charge in [-0.15, -0.1) is 0 Å². The predicted molar refractivity (Wildman–Crippen MR) is 90.0 cm³/mol. The molecule has 3 rings (SSSR count). The van der Waals surface area contributed by atoms with Gasteiger partial charge in [0.05, 0.1) is 5.54 Å². The van der Waals surface area contributed by atoms with E-state index in [0.717, 1.165) is 25.7 Å². The molecule has 0 spiro atoms. The molecule has 4 nitrogen and oxygen atoms in total. The largest absolute Gasteiger partial charge is 0.347 e. The van der Waals surface area contributed by atoms with Crippen LogP contribution >= 0.6 is 0 Å². The zero-order valence-electron chi connectivity index (χ0n) is 13.2. The van der Waals surface area contributed by atoms with Gasteiger partial charge in [0, 0.05) is 25.2 Å². The van der Waals surface area contributed by atoms with E-state index in [-0.39, 0.29) is 17.0 Å². The second-order valence-electron chi connectivity index (χ2n) is 6.19. The molecule has 1 aromatic heterocycles. The molecule has 0 bridgehead atoms. The van der Waals surface area contributed by atoms with Crippen molar-refractivity contribution in [3.8, 4) is 0 Å². The smallest absolute Gasteiger partial charge is 0.250 e. The maximum absolute atomic E-state index is 12.4. The lowest BCUT2D eigenvalue weighted by atomic mass is 9.88. The summed E-state index contributed by atoms with van der Waals surface area (Å²) in [5.41, 5.74) is 0.877. The van der Waals surface area contributed by atoms with Crippen LogP contribution in [0.2, 0.25) is 0 Å². The first kappa shape index (κ1) is 15.5. The van der Waals surface area contributed by atoms with Gasteiger partial charge < -0.3 is 9.88 Å². The molecule has 0 saturated heterocycles. The quantitative estimate of drug-likeness (QED) is 0.923. The maximum Gasteiger partial charge on any atom is 0.250 e. The molecule has 1 fully saturated rings. The van der Waals surface area contributed by atoms with Crippen LogP contribution in [0.5, 0.6) is 0 Å². The lowest BCUT2D eigenvalue weighted by Gasteiger charge is -2.31. The number of nitrogens with one attached hydrogen (secondary N) is 1. The SMILES string of the molecule is O=C(CCn1ccccc1=O)NC1(c2ccccc2)CCCC1. The van der Waals surface area contributed by atoms with E-state index in [1.165, 1.54) is 11.6 Å². The van der Waals surface area contributed by atoms with Crippen LogP contribution in [0.15, 0.2) is 59.5 Å². The lowest BCUT2D eigenvalue weighted by Crippen LogP contribution is -2.44. The molecule has 1 aliphatic carbocycles. The molecule has 0 aliphatic heterocycles. The molecule has 0 unspecified atom stereocenters. The topological polar surface area (TPSA) is 51.1 Å². The molecular formula is C19H22N2O2. The summed E-state index contributed by atoms with van der Waals surface area (Å²) in [6.45, 7) is 0.413. The first-order chi connectivity index (χ1) is 11.2. The first-order valence-corrected chi connectivity index (χ1v) is 8.22. The highest BCUT2D eigenvalue weighted by atomic mass is 16.2. The van der Waals surface area contributed by atoms with Gasteiger partial charge in [-0.1, -0.05) is 49.2 Å². The van der Waals surface area contributed by atoms with Crippen molar-refractivity contribution in [2.45, 2.75) is 44.2 Å². The molecule has 0 radical (unpaired) electrons. The van der Waals surface area contributed by atoms with Crippen molar-refractivity contribution in [1.82, 2.24) is 9.88 Å². The number of carbonyl (C=O) groups excluding carboxylic acids is 1. The number of rotatable bonds is 5. The highest BCUT2D eigenvalue weighted by Crippen LogP contribution is 2.38. The highest BCUT2D eigenvalue weighted by molar-refractivity contribution is 5.77. The van der Waals surface area contributed by atoms with E-state index >= 15 is 0 Å². The van der Waals surface area contributed by atoms with Crippen LogP contribution in [0.1, 0.15) is 37.7 Å². The molecule has 1 amide bonds. The number of benzene rings is 1. The summed E-state index contributed by atoms with van der Waals surface area (Å²) in [5, 5.41) is 3.24. The number of aromatic nitrogens is 1. The van der Waals surface area contributed by atoms with Gasteiger partial charge in [0.1, 0.15) is 0 Å². The Kier molecular flexibility index (Phi) is 4.60. The molecule has 2 aromatic rings. The highest BCUT2D eigenvalue weighted by Gasteiger charge is 2.36. The van der Waals surface area contributed by atoms with E-state index in [0.29, 0.717) is 13.0 Å². The number of pyridine rings is 1. The Labute approximate surface area is 136 Å². The Balaban J connectivity index is 1.68. The van der Waals surface area contributed by atoms with Gasteiger partial charge >= 0.3 is 0 Å². The van der Waals surface area contributed by atoms with Crippen molar-refractivity contribution in [1.29, 1.82) is 0 Å². The summed E-state index contributed by atoms with van der Waals surface area (Å²) in [6, 6.07) is 15.2. The van der Waals surface area contributed by atoms with E-state index in [2.05, 4.69) is 17.4 Å². The Morgan fingerprint density at radius 1 is 1.04 bits per heavy atom. The summed E-state index contributed by atoms with van der Waals surface area (Å²) >= 11 is 0. The molecule has 23 heavy (non-hydrogen) atoms. The number of carbonyl (C=O) groups is 1. The molecule has 120 valence electrons. The molecular weight excluding hydrogens is 288 g/mol. The Morgan fingerprint density at radius 3 is 2.43 bits per heavy atom. The fourth-order valence-corrected chi connectivity index (χ4v) is 3.42. The minimum Gasteiger partial charge on any atom is -0.347 e. The Hall–Kier alpha value is -2.36. The molecule has 1 aromatic carbocycles. The average molecular weight is 310 g/mol. The third-order valence-corrected chi connectivity index (χ3v) is 4.64. The number of hydrogen-bond acceptors (Lipinski definition) is 2. The summed E-state index contributed by atoms with van der Waals surface area (Å²) in [7, 11) is 0. The van der Waals surface area contributed by atoms with Crippen LogP contribution in [-0.4, -0.2) is 10.5 Å². The second kappa shape index (κ2) is 6.82. The number of hydrogen-bond donors (Lipinski definition) is 1. The zero-order chi connectivity index (χ0) is 16.1. The molecule has 1 N–H and O–H groups in total. The van der Waals surface area contributed by atoms with Gasteiger partial charge in [0.25, 0.3) is 5.56 Å². The van der Waals surface area contributed by atoms with Crippen molar-refractivity contribution in [3.05, 3.63) is 70.6 Å². The van der Waals surface area contributed by atoms with E-state index in [4.69, 9.17) is 0 Å². The predicted octanol–water partition coefficient (Wildman–Crippen LogP) is 2.82. The number of nitrogens with zero attached hydrogens (tertiary/aromatic N) is 1. The maximum atomic E-state index is 12.4. The van der Waals surface area contributed by atoms with E-state index in [9.17, 15) is 9.59 Å². The van der Waals surface area contributed by atoms with E-state index in [1.807, 2.05) is 24.3 Å². The fourth-order valence-electron chi connectivity index (χ4n) is 3.42. The third-order valence-electron chi connectivity index (χ3n) is 4.64. The van der Waals surface area contributed by atoms with Gasteiger partial charge in [-0.05, 0) is 24.5 Å². The molecule has 0 atom stereocenters. The van der Waals surface area contributed by atoms with Crippen molar-refractivity contribution < 1.29 is 4.79 Å². The minimum atomic E-state index is -0.236. The minimum absolute atomic E-state index is 0.00602. The van der Waals surface area contributed by atoms with Crippen LogP contribution in [0.3, 0.4) is 0 Å². The normalized spacial score (nSPS) is 16.2. The van der Waals surface area contributed by atoms with Gasteiger partial charge in [0.2, 0.25) is 5.91 Å². The summed E-state index contributed by atoms with van der Waals surface area (Å²) in [6.07, 6.45) is 6.26. The van der Waals surface area contributed by atoms with Crippen LogP contribution in [0.4, 0.5) is 0 Å². The summed E-state index contributed by atoms with van der Waals surface area (Å²) in [4.78, 5) is 24.1. The van der Waals surface area contributed by atoms with E-state index in [1.54, 1.807) is 16.8 Å². The first-order valence-electron chi connectivity index (χ1n) is 8.22. The van der Waals surface area contributed by atoms with Crippen molar-refractivity contribution in [2.75, 3.05) is 0 Å². The van der Waals surface area contributed by atoms with E-state index < -0.39 is 0 Å².